The number of fused-ring (bicyclic) bond motifs is 1. The number of quaternary nitrogens is 1. The fraction of sp³-hybridized carbons (Fsp3) is 0.400. The van der Waals surface area contributed by atoms with Gasteiger partial charge in [-0.1, -0.05) is 42.5 Å². The van der Waals surface area contributed by atoms with Gasteiger partial charge in [0.25, 0.3) is 0 Å². The lowest BCUT2D eigenvalue weighted by Gasteiger charge is -2.28. The standard InChI is InChI=1S/C30H30F5N7O2/c31-23-8-4-7-22(25(23)32)19-9-10-24(27-36-16-21(41(27)17-19)15-30(33,34)35)37-28(43)40-13-11-20(12-14-40)42-29(44)38-26(39-42)18-5-2-1-3-6-18/h1-8,16,19-20,24H,9-15,17H2,(H,37,43)(H,38,39,44)/p+1/t19-,24-/m1/s1. The first kappa shape index (κ1) is 29.7. The van der Waals surface area contributed by atoms with Crippen LogP contribution in [0, 0.1) is 11.6 Å². The molecule has 14 heteroatoms. The highest BCUT2D eigenvalue weighted by atomic mass is 19.4. The van der Waals surface area contributed by atoms with E-state index in [0.29, 0.717) is 43.1 Å². The first-order valence-electron chi connectivity index (χ1n) is 14.5. The second-order valence-corrected chi connectivity index (χ2v) is 11.4. The Morgan fingerprint density at radius 3 is 2.50 bits per heavy atom. The highest BCUT2D eigenvalue weighted by molar-refractivity contribution is 5.65. The van der Waals surface area contributed by atoms with Gasteiger partial charge in [0.2, 0.25) is 0 Å². The van der Waals surface area contributed by atoms with Gasteiger partial charge in [0.15, 0.2) is 17.5 Å². The van der Waals surface area contributed by atoms with E-state index in [-0.39, 0.29) is 47.8 Å². The van der Waals surface area contributed by atoms with Crippen LogP contribution < -0.4 is 15.9 Å². The molecule has 3 N–H and O–H groups in total. The summed E-state index contributed by atoms with van der Waals surface area (Å²) in [6.45, 7) is 0.789. The zero-order valence-corrected chi connectivity index (χ0v) is 23.6. The van der Waals surface area contributed by atoms with E-state index in [9.17, 15) is 31.5 Å². The third-order valence-corrected chi connectivity index (χ3v) is 8.51. The Labute approximate surface area is 248 Å². The van der Waals surface area contributed by atoms with Gasteiger partial charge in [-0.15, -0.1) is 5.10 Å². The van der Waals surface area contributed by atoms with Gasteiger partial charge < -0.3 is 4.57 Å². The third kappa shape index (κ3) is 6.16. The number of nitrogens with one attached hydrogen (secondary N) is 3. The maximum atomic E-state index is 14.7. The monoisotopic (exact) mass is 616 g/mol. The molecule has 0 bridgehead atoms. The first-order chi connectivity index (χ1) is 21.1. The number of alkyl halides is 3. The average molecular weight is 617 g/mol. The van der Waals surface area contributed by atoms with Gasteiger partial charge in [0, 0.05) is 42.8 Å². The number of nitrogens with zero attached hydrogens (tertiary/aromatic N) is 4. The lowest BCUT2D eigenvalue weighted by atomic mass is 9.92. The second-order valence-electron chi connectivity index (χ2n) is 11.4. The molecular formula is C30H31F5N7O2+. The highest BCUT2D eigenvalue weighted by Crippen LogP contribution is 2.36. The van der Waals surface area contributed by atoms with Crippen LogP contribution in [-0.2, 0) is 13.0 Å². The van der Waals surface area contributed by atoms with Crippen molar-refractivity contribution in [1.29, 1.82) is 0 Å². The first-order valence-corrected chi connectivity index (χ1v) is 14.5. The van der Waals surface area contributed by atoms with E-state index in [1.165, 1.54) is 21.4 Å². The summed E-state index contributed by atoms with van der Waals surface area (Å²) in [5.41, 5.74) is 0.425. The third-order valence-electron chi connectivity index (χ3n) is 8.51. The second kappa shape index (κ2) is 12.0. The Balaban J connectivity index is 1.17. The number of benzene rings is 2. The van der Waals surface area contributed by atoms with Crippen LogP contribution >= 0.6 is 0 Å². The van der Waals surface area contributed by atoms with E-state index in [0.717, 1.165) is 17.8 Å². The number of aromatic nitrogens is 5. The molecule has 4 aromatic rings. The summed E-state index contributed by atoms with van der Waals surface area (Å²) in [6.07, 6.45) is -3.02. The fourth-order valence-corrected chi connectivity index (χ4v) is 6.29. The Morgan fingerprint density at radius 1 is 1.02 bits per heavy atom. The van der Waals surface area contributed by atoms with Crippen molar-refractivity contribution < 1.29 is 31.6 Å². The number of carbonyl (C=O) groups is 1. The van der Waals surface area contributed by atoms with Crippen LogP contribution in [0.5, 0.6) is 0 Å². The van der Waals surface area contributed by atoms with Crippen molar-refractivity contribution in [3.63, 3.8) is 0 Å². The van der Waals surface area contributed by atoms with E-state index in [2.05, 4.69) is 20.4 Å². The minimum absolute atomic E-state index is 0.0326. The summed E-state index contributed by atoms with van der Waals surface area (Å²) in [5, 5.41) is 7.42. The summed E-state index contributed by atoms with van der Waals surface area (Å²) < 4.78 is 71.8. The number of piperidine rings is 1. The summed E-state index contributed by atoms with van der Waals surface area (Å²) in [6, 6.07) is 11.8. The molecule has 0 spiro atoms. The van der Waals surface area contributed by atoms with Crippen molar-refractivity contribution in [2.24, 2.45) is 0 Å². The van der Waals surface area contributed by atoms with Gasteiger partial charge in [-0.2, -0.15) is 13.2 Å². The van der Waals surface area contributed by atoms with E-state index < -0.39 is 36.2 Å². The molecule has 4 heterocycles. The van der Waals surface area contributed by atoms with Crippen LogP contribution in [0.1, 0.15) is 60.8 Å². The Hall–Kier alpha value is -4.33. The van der Waals surface area contributed by atoms with Gasteiger partial charge in [-0.3, -0.25) is 15.2 Å². The van der Waals surface area contributed by atoms with Crippen molar-refractivity contribution in [2.75, 3.05) is 13.1 Å². The normalized spacial score (nSPS) is 22.3. The quantitative estimate of drug-likeness (QED) is 0.295. The summed E-state index contributed by atoms with van der Waals surface area (Å²) >= 11 is 0. The summed E-state index contributed by atoms with van der Waals surface area (Å²) in [7, 11) is 0. The van der Waals surface area contributed by atoms with Crippen molar-refractivity contribution in [1.82, 2.24) is 29.6 Å². The Kier molecular flexibility index (Phi) is 8.10. The molecule has 0 aliphatic carbocycles. The molecule has 0 unspecified atom stereocenters. The van der Waals surface area contributed by atoms with Crippen molar-refractivity contribution in [2.45, 2.75) is 62.8 Å². The molecule has 6 rings (SSSR count). The smallest absolute Gasteiger partial charge is 0.329 e. The van der Waals surface area contributed by atoms with Crippen LogP contribution in [0.2, 0.25) is 0 Å². The molecule has 0 radical (unpaired) electrons. The minimum atomic E-state index is -4.51. The molecule has 0 saturated carbocycles. The highest BCUT2D eigenvalue weighted by Gasteiger charge is 2.37. The van der Waals surface area contributed by atoms with Crippen molar-refractivity contribution >= 4 is 6.03 Å². The van der Waals surface area contributed by atoms with Crippen molar-refractivity contribution in [3.8, 4) is 11.4 Å². The maximum Gasteiger partial charge on any atom is 0.415 e. The number of rotatable bonds is 5. The van der Waals surface area contributed by atoms with E-state index in [1.807, 2.05) is 30.3 Å². The number of amides is 2. The zero-order valence-electron chi connectivity index (χ0n) is 23.6. The summed E-state index contributed by atoms with van der Waals surface area (Å²) in [5.74, 6) is -1.96. The molecule has 1 saturated heterocycles. The van der Waals surface area contributed by atoms with Crippen molar-refractivity contribution in [3.05, 3.63) is 93.9 Å². The average Bonchev–Trinajstić information content (AvgIpc) is 3.52. The van der Waals surface area contributed by atoms with E-state index >= 15 is 0 Å². The largest absolute Gasteiger partial charge is 0.415 e. The molecular weight excluding hydrogens is 585 g/mol. The van der Waals surface area contributed by atoms with Gasteiger partial charge >= 0.3 is 17.9 Å². The molecule has 2 aliphatic rings. The zero-order chi connectivity index (χ0) is 31.0. The molecule has 2 amide bonds. The van der Waals surface area contributed by atoms with Gasteiger partial charge in [-0.25, -0.2) is 28.0 Å². The van der Waals surface area contributed by atoms with Gasteiger partial charge in [0.1, 0.15) is 5.82 Å². The SMILES string of the molecule is O=C(N[C@@H]1CC[C@@H](c2cccc(F)c2F)Cn2c(CC(F)(F)F)cnc21)[NH+]1CCC(n2nc(-c3ccccc3)[nH]c2=O)CC1. The topological polar surface area (TPSA) is 102 Å². The molecule has 232 valence electrons. The fourth-order valence-electron chi connectivity index (χ4n) is 6.29. The molecule has 2 aromatic carbocycles. The Bertz CT molecular complexity index is 1690. The molecule has 2 aliphatic heterocycles. The van der Waals surface area contributed by atoms with Gasteiger partial charge in [-0.05, 0) is 24.5 Å². The van der Waals surface area contributed by atoms with Gasteiger partial charge in [0.05, 0.1) is 31.6 Å². The number of imidazole rings is 1. The van der Waals surface area contributed by atoms with Crippen LogP contribution in [-0.4, -0.2) is 49.6 Å². The molecule has 1 fully saturated rings. The number of hydrogen-bond donors (Lipinski definition) is 3. The lowest BCUT2D eigenvalue weighted by Crippen LogP contribution is -3.17. The number of halogens is 5. The number of likely N-dealkylation sites (tertiary alicyclic amines) is 1. The molecule has 44 heavy (non-hydrogen) atoms. The number of hydrogen-bond acceptors (Lipinski definition) is 4. The van der Waals surface area contributed by atoms with Crippen LogP contribution in [0.25, 0.3) is 11.4 Å². The predicted octanol–water partition coefficient (Wildman–Crippen LogP) is 4.07. The molecule has 2 atom stereocenters. The number of carbonyl (C=O) groups excluding carboxylic acids is 1. The van der Waals surface area contributed by atoms with Crippen LogP contribution in [0.15, 0.2) is 59.5 Å². The number of urea groups is 1. The van der Waals surface area contributed by atoms with Crippen LogP contribution in [0.4, 0.5) is 26.7 Å². The predicted molar refractivity (Wildman–Crippen MR) is 149 cm³/mol. The van der Waals surface area contributed by atoms with E-state index in [1.54, 1.807) is 0 Å². The minimum Gasteiger partial charge on any atom is -0.329 e. The molecule has 9 nitrogen and oxygen atoms in total. The maximum absolute atomic E-state index is 14.7. The molecule has 2 aromatic heterocycles. The number of aromatic amines is 1. The Morgan fingerprint density at radius 2 is 1.77 bits per heavy atom. The summed E-state index contributed by atoms with van der Waals surface area (Å²) in [4.78, 5) is 33.7. The lowest BCUT2D eigenvalue weighted by molar-refractivity contribution is -0.823. The van der Waals surface area contributed by atoms with Crippen LogP contribution in [0.3, 0.4) is 0 Å². The number of H-pyrrole nitrogens is 1. The van der Waals surface area contributed by atoms with E-state index in [4.69, 9.17) is 0 Å².